The van der Waals surface area contributed by atoms with Gasteiger partial charge >= 0.3 is 6.18 Å². The lowest BCUT2D eigenvalue weighted by Gasteiger charge is -2.24. The minimum absolute atomic E-state index is 0.242. The van der Waals surface area contributed by atoms with Crippen molar-refractivity contribution in [1.82, 2.24) is 5.43 Å². The first-order chi connectivity index (χ1) is 21.3. The molecule has 0 aliphatic heterocycles. The lowest BCUT2D eigenvalue weighted by atomic mass is 10.2. The van der Waals surface area contributed by atoms with Gasteiger partial charge in [-0.2, -0.15) is 18.3 Å². The van der Waals surface area contributed by atoms with Crippen LogP contribution < -0.4 is 19.8 Å². The van der Waals surface area contributed by atoms with Gasteiger partial charge in [-0.15, -0.1) is 0 Å². The van der Waals surface area contributed by atoms with Crippen LogP contribution in [0.4, 0.5) is 24.5 Å². The molecule has 0 fully saturated rings. The van der Waals surface area contributed by atoms with Gasteiger partial charge in [0.1, 0.15) is 12.3 Å². The minimum Gasteiger partial charge on any atom is -0.484 e. The number of carbonyl (C=O) groups excluding carboxylic acids is 2. The van der Waals surface area contributed by atoms with Gasteiger partial charge in [-0.05, 0) is 72.3 Å². The summed E-state index contributed by atoms with van der Waals surface area (Å²) in [4.78, 5) is 24.7. The van der Waals surface area contributed by atoms with E-state index in [0.29, 0.717) is 32.4 Å². The van der Waals surface area contributed by atoms with Gasteiger partial charge in [-0.25, -0.2) is 13.8 Å². The molecule has 0 aromatic heterocycles. The van der Waals surface area contributed by atoms with Crippen molar-refractivity contribution in [2.24, 2.45) is 5.10 Å². The first-order valence-corrected chi connectivity index (χ1v) is 15.1. The number of halogens is 5. The summed E-state index contributed by atoms with van der Waals surface area (Å²) in [6.45, 7) is -1.17. The zero-order valence-corrected chi connectivity index (χ0v) is 25.3. The van der Waals surface area contributed by atoms with E-state index >= 15 is 0 Å². The topological polar surface area (TPSA) is 117 Å². The molecule has 4 aromatic carbocycles. The SMILES string of the molecule is O=C(CN(c1ccc(Cl)c(C(F)(F)F)c1)S(=O)(=O)c1ccccc1)N/N=C\c1ccc(OCC(=O)Nc2ccccc2Cl)cc1. The number of hydrogen-bond acceptors (Lipinski definition) is 6. The Bertz CT molecular complexity index is 1810. The van der Waals surface area contributed by atoms with E-state index in [-0.39, 0.29) is 11.5 Å². The van der Waals surface area contributed by atoms with Crippen molar-refractivity contribution in [2.75, 3.05) is 22.8 Å². The van der Waals surface area contributed by atoms with Crippen LogP contribution in [0.1, 0.15) is 11.1 Å². The highest BCUT2D eigenvalue weighted by molar-refractivity contribution is 7.92. The normalized spacial score (nSPS) is 11.7. The highest BCUT2D eigenvalue weighted by Crippen LogP contribution is 2.38. The van der Waals surface area contributed by atoms with Crippen molar-refractivity contribution >= 4 is 62.6 Å². The molecule has 9 nitrogen and oxygen atoms in total. The first kappa shape index (κ1) is 33.3. The predicted octanol–water partition coefficient (Wildman–Crippen LogP) is 6.38. The maximum atomic E-state index is 13.5. The summed E-state index contributed by atoms with van der Waals surface area (Å²) in [5.74, 6) is -0.986. The molecular weight excluding hydrogens is 656 g/mol. The number of hydrogen-bond donors (Lipinski definition) is 2. The Morgan fingerprint density at radius 1 is 0.867 bits per heavy atom. The van der Waals surface area contributed by atoms with Crippen LogP contribution in [-0.2, 0) is 25.8 Å². The highest BCUT2D eigenvalue weighted by atomic mass is 35.5. The summed E-state index contributed by atoms with van der Waals surface area (Å²) in [7, 11) is -4.48. The Labute approximate surface area is 266 Å². The predicted molar refractivity (Wildman–Crippen MR) is 165 cm³/mol. The molecule has 0 unspecified atom stereocenters. The Hall–Kier alpha value is -4.59. The van der Waals surface area contributed by atoms with Gasteiger partial charge in [0, 0.05) is 0 Å². The van der Waals surface area contributed by atoms with Gasteiger partial charge in [0.15, 0.2) is 6.61 Å². The van der Waals surface area contributed by atoms with Gasteiger partial charge in [0.25, 0.3) is 21.8 Å². The van der Waals surface area contributed by atoms with Crippen LogP contribution in [0.5, 0.6) is 5.75 Å². The van der Waals surface area contributed by atoms with Gasteiger partial charge < -0.3 is 10.1 Å². The third kappa shape index (κ3) is 8.97. The zero-order valence-electron chi connectivity index (χ0n) is 23.0. The molecule has 0 bridgehead atoms. The maximum Gasteiger partial charge on any atom is 0.417 e. The van der Waals surface area contributed by atoms with Crippen molar-refractivity contribution in [3.8, 4) is 5.75 Å². The second kappa shape index (κ2) is 14.5. The number of alkyl halides is 3. The summed E-state index contributed by atoms with van der Waals surface area (Å²) in [5, 5.41) is 6.19. The van der Waals surface area contributed by atoms with Crippen molar-refractivity contribution < 1.29 is 35.9 Å². The fraction of sp³-hybridized carbons (Fsp3) is 0.100. The molecule has 234 valence electrons. The Morgan fingerprint density at radius 3 is 2.20 bits per heavy atom. The summed E-state index contributed by atoms with van der Waals surface area (Å²) in [6, 6.07) is 22.5. The van der Waals surface area contributed by atoms with E-state index in [1.54, 1.807) is 54.6 Å². The van der Waals surface area contributed by atoms with Crippen LogP contribution in [0.3, 0.4) is 0 Å². The van der Waals surface area contributed by atoms with Crippen LogP contribution in [0.25, 0.3) is 0 Å². The van der Waals surface area contributed by atoms with E-state index in [1.165, 1.54) is 30.5 Å². The fourth-order valence-electron chi connectivity index (χ4n) is 3.81. The number of nitrogens with one attached hydrogen (secondary N) is 2. The third-order valence-corrected chi connectivity index (χ3v) is 8.41. The number of ether oxygens (including phenoxy) is 1. The first-order valence-electron chi connectivity index (χ1n) is 12.9. The molecule has 0 radical (unpaired) electrons. The lowest BCUT2D eigenvalue weighted by molar-refractivity contribution is -0.137. The van der Waals surface area contributed by atoms with Crippen molar-refractivity contribution in [1.29, 1.82) is 0 Å². The van der Waals surface area contributed by atoms with E-state index in [1.807, 2.05) is 0 Å². The molecule has 15 heteroatoms. The molecule has 0 aliphatic rings. The monoisotopic (exact) mass is 678 g/mol. The number of carbonyl (C=O) groups is 2. The Morgan fingerprint density at radius 2 is 1.53 bits per heavy atom. The number of rotatable bonds is 11. The van der Waals surface area contributed by atoms with E-state index in [2.05, 4.69) is 15.8 Å². The van der Waals surface area contributed by atoms with Crippen molar-refractivity contribution in [3.05, 3.63) is 118 Å². The molecule has 4 aromatic rings. The van der Waals surface area contributed by atoms with Gasteiger partial charge in [-0.1, -0.05) is 53.5 Å². The number of amides is 2. The molecule has 0 atom stereocenters. The lowest BCUT2D eigenvalue weighted by Crippen LogP contribution is -2.39. The number of para-hydroxylation sites is 1. The summed E-state index contributed by atoms with van der Waals surface area (Å²) < 4.78 is 73.3. The summed E-state index contributed by atoms with van der Waals surface area (Å²) in [6.07, 6.45) is -3.61. The fourth-order valence-corrected chi connectivity index (χ4v) is 5.65. The Balaban J connectivity index is 1.41. The third-order valence-electron chi connectivity index (χ3n) is 5.96. The summed E-state index contributed by atoms with van der Waals surface area (Å²) in [5.41, 5.74) is 1.44. The number of benzene rings is 4. The molecule has 0 spiro atoms. The molecule has 0 heterocycles. The zero-order chi connectivity index (χ0) is 32.6. The van der Waals surface area contributed by atoms with Crippen LogP contribution in [-0.4, -0.2) is 39.6 Å². The molecule has 0 saturated carbocycles. The number of anilines is 2. The van der Waals surface area contributed by atoms with Crippen molar-refractivity contribution in [2.45, 2.75) is 11.1 Å². The van der Waals surface area contributed by atoms with Crippen molar-refractivity contribution in [3.63, 3.8) is 0 Å². The number of sulfonamides is 1. The van der Waals surface area contributed by atoms with Crippen LogP contribution in [0.15, 0.2) is 107 Å². The standard InChI is InChI=1S/C30H23Cl2F3N4O5S/c31-25-15-12-21(16-24(25)30(33,34)35)39(45(42,43)23-6-2-1-3-7-23)18-28(40)38-36-17-20-10-13-22(14-11-20)44-19-29(41)37-27-9-5-4-8-26(27)32/h1-17H,18-19H2,(H,37,41)(H,38,40)/b36-17-. The Kier molecular flexibility index (Phi) is 10.7. The maximum absolute atomic E-state index is 13.5. The number of hydrazone groups is 1. The van der Waals surface area contributed by atoms with E-state index in [9.17, 15) is 31.2 Å². The highest BCUT2D eigenvalue weighted by Gasteiger charge is 2.35. The molecule has 2 amide bonds. The second-order valence-corrected chi connectivity index (χ2v) is 11.8. The molecule has 45 heavy (non-hydrogen) atoms. The van der Waals surface area contributed by atoms with Crippen LogP contribution in [0, 0.1) is 0 Å². The summed E-state index contributed by atoms with van der Waals surface area (Å²) >= 11 is 11.7. The second-order valence-electron chi connectivity index (χ2n) is 9.17. The molecule has 0 aliphatic carbocycles. The van der Waals surface area contributed by atoms with E-state index in [0.717, 1.165) is 12.1 Å². The van der Waals surface area contributed by atoms with Crippen LogP contribution >= 0.6 is 23.2 Å². The minimum atomic E-state index is -4.87. The van der Waals surface area contributed by atoms with E-state index in [4.69, 9.17) is 27.9 Å². The van der Waals surface area contributed by atoms with Crippen LogP contribution in [0.2, 0.25) is 10.0 Å². The smallest absolute Gasteiger partial charge is 0.417 e. The number of nitrogens with zero attached hydrogens (tertiary/aromatic N) is 2. The molecule has 2 N–H and O–H groups in total. The molecule has 4 rings (SSSR count). The largest absolute Gasteiger partial charge is 0.484 e. The molecule has 0 saturated heterocycles. The molecular formula is C30H23Cl2F3N4O5S. The average molecular weight is 680 g/mol. The van der Waals surface area contributed by atoms with Gasteiger partial charge in [-0.3, -0.25) is 13.9 Å². The van der Waals surface area contributed by atoms with Gasteiger partial charge in [0.2, 0.25) is 0 Å². The average Bonchev–Trinajstić information content (AvgIpc) is 3.01. The quantitative estimate of drug-likeness (QED) is 0.141. The van der Waals surface area contributed by atoms with E-state index < -0.39 is 50.8 Å². The van der Waals surface area contributed by atoms with Gasteiger partial charge in [0.05, 0.1) is 38.1 Å².